The number of nitrogens with two attached hydrogens (primary N) is 1. The Morgan fingerprint density at radius 2 is 2.31 bits per heavy atom. The first-order chi connectivity index (χ1) is 7.61. The van der Waals surface area contributed by atoms with Gasteiger partial charge < -0.3 is 16.2 Å². The molecular weight excluding hydrogens is 204 g/mol. The summed E-state index contributed by atoms with van der Waals surface area (Å²) in [5, 5.41) is 12.5. The number of nitrogens with one attached hydrogen (secondary N) is 1. The second-order valence-electron chi connectivity index (χ2n) is 4.96. The molecule has 1 fully saturated rings. The number of carbonyl (C=O) groups is 1. The molecular formula is C12H24N2O2. The molecule has 0 bridgehead atoms. The van der Waals surface area contributed by atoms with Crippen molar-refractivity contribution in [1.29, 1.82) is 0 Å². The highest BCUT2D eigenvalue weighted by atomic mass is 16.3. The third kappa shape index (κ3) is 4.94. The summed E-state index contributed by atoms with van der Waals surface area (Å²) >= 11 is 0. The fourth-order valence-corrected chi connectivity index (χ4v) is 2.09. The molecule has 0 radical (unpaired) electrons. The van der Waals surface area contributed by atoms with Crippen molar-refractivity contribution >= 4 is 5.91 Å². The van der Waals surface area contributed by atoms with Gasteiger partial charge in [-0.1, -0.05) is 6.92 Å². The number of aliphatic hydroxyl groups is 1. The maximum Gasteiger partial charge on any atom is 0.220 e. The molecule has 1 amide bonds. The van der Waals surface area contributed by atoms with Crippen molar-refractivity contribution in [2.75, 3.05) is 6.54 Å². The molecule has 0 spiro atoms. The molecule has 3 atom stereocenters. The minimum atomic E-state index is -0.234. The Balaban J connectivity index is 2.18. The molecule has 0 aromatic rings. The Kier molecular flexibility index (Phi) is 5.77. The van der Waals surface area contributed by atoms with E-state index < -0.39 is 0 Å². The normalized spacial score (nSPS) is 27.4. The van der Waals surface area contributed by atoms with E-state index in [0.29, 0.717) is 25.3 Å². The number of hydrogen-bond acceptors (Lipinski definition) is 3. The van der Waals surface area contributed by atoms with Crippen molar-refractivity contribution in [3.8, 4) is 0 Å². The first kappa shape index (κ1) is 13.5. The zero-order chi connectivity index (χ0) is 12.0. The smallest absolute Gasteiger partial charge is 0.220 e. The van der Waals surface area contributed by atoms with Crippen LogP contribution in [0.5, 0.6) is 0 Å². The van der Waals surface area contributed by atoms with E-state index in [9.17, 15) is 9.90 Å². The van der Waals surface area contributed by atoms with Crippen LogP contribution in [0.4, 0.5) is 0 Å². The van der Waals surface area contributed by atoms with Crippen LogP contribution in [0.1, 0.15) is 45.4 Å². The summed E-state index contributed by atoms with van der Waals surface area (Å²) in [7, 11) is 0. The average Bonchev–Trinajstić information content (AvgIpc) is 2.26. The lowest BCUT2D eigenvalue weighted by atomic mass is 9.93. The van der Waals surface area contributed by atoms with Crippen molar-refractivity contribution in [2.24, 2.45) is 11.7 Å². The summed E-state index contributed by atoms with van der Waals surface area (Å²) < 4.78 is 0. The minimum Gasteiger partial charge on any atom is -0.393 e. The lowest BCUT2D eigenvalue weighted by Crippen LogP contribution is -2.39. The predicted molar refractivity (Wildman–Crippen MR) is 63.9 cm³/mol. The van der Waals surface area contributed by atoms with Gasteiger partial charge in [-0.3, -0.25) is 4.79 Å². The molecule has 1 aliphatic carbocycles. The van der Waals surface area contributed by atoms with E-state index >= 15 is 0 Å². The Bertz CT molecular complexity index is 221. The summed E-state index contributed by atoms with van der Waals surface area (Å²) in [6.45, 7) is 2.69. The Morgan fingerprint density at radius 3 is 2.94 bits per heavy atom. The molecule has 3 unspecified atom stereocenters. The third-order valence-electron chi connectivity index (χ3n) is 3.28. The predicted octanol–water partition coefficient (Wildman–Crippen LogP) is 0.781. The molecule has 0 heterocycles. The maximum atomic E-state index is 11.6. The van der Waals surface area contributed by atoms with Gasteiger partial charge in [0.25, 0.3) is 0 Å². The van der Waals surface area contributed by atoms with Crippen LogP contribution in [0.2, 0.25) is 0 Å². The number of amides is 1. The van der Waals surface area contributed by atoms with Crippen LogP contribution in [0.15, 0.2) is 0 Å². The van der Waals surface area contributed by atoms with E-state index in [-0.39, 0.29) is 18.1 Å². The second-order valence-corrected chi connectivity index (χ2v) is 4.96. The molecule has 16 heavy (non-hydrogen) atoms. The summed E-state index contributed by atoms with van der Waals surface area (Å²) in [5.41, 5.74) is 5.50. The molecule has 1 rings (SSSR count). The molecule has 1 aliphatic rings. The first-order valence-electron chi connectivity index (χ1n) is 6.29. The quantitative estimate of drug-likeness (QED) is 0.651. The van der Waals surface area contributed by atoms with Gasteiger partial charge in [0.15, 0.2) is 0 Å². The van der Waals surface area contributed by atoms with Gasteiger partial charge in [0.05, 0.1) is 6.10 Å². The molecule has 4 N–H and O–H groups in total. The average molecular weight is 228 g/mol. The van der Waals surface area contributed by atoms with E-state index in [1.54, 1.807) is 0 Å². The first-order valence-corrected chi connectivity index (χ1v) is 6.29. The van der Waals surface area contributed by atoms with Crippen molar-refractivity contribution < 1.29 is 9.90 Å². The van der Waals surface area contributed by atoms with Crippen LogP contribution in [0.25, 0.3) is 0 Å². The van der Waals surface area contributed by atoms with Gasteiger partial charge >= 0.3 is 0 Å². The number of rotatable bonds is 5. The van der Waals surface area contributed by atoms with E-state index in [4.69, 9.17) is 5.73 Å². The largest absolute Gasteiger partial charge is 0.393 e. The summed E-state index contributed by atoms with van der Waals surface area (Å²) in [6.07, 6.45) is 4.74. The zero-order valence-electron chi connectivity index (χ0n) is 10.1. The zero-order valence-corrected chi connectivity index (χ0v) is 10.1. The van der Waals surface area contributed by atoms with Crippen LogP contribution in [0.3, 0.4) is 0 Å². The van der Waals surface area contributed by atoms with E-state index in [0.717, 1.165) is 25.7 Å². The van der Waals surface area contributed by atoms with Crippen LogP contribution in [-0.2, 0) is 4.79 Å². The van der Waals surface area contributed by atoms with E-state index in [2.05, 4.69) is 12.2 Å². The van der Waals surface area contributed by atoms with Gasteiger partial charge in [0.1, 0.15) is 0 Å². The summed E-state index contributed by atoms with van der Waals surface area (Å²) in [5.74, 6) is 0.502. The minimum absolute atomic E-state index is 0.0967. The van der Waals surface area contributed by atoms with Crippen LogP contribution in [-0.4, -0.2) is 29.7 Å². The van der Waals surface area contributed by atoms with E-state index in [1.165, 1.54) is 0 Å². The fraction of sp³-hybridized carbons (Fsp3) is 0.917. The highest BCUT2D eigenvalue weighted by Crippen LogP contribution is 2.18. The number of carbonyl (C=O) groups excluding carboxylic acids is 1. The molecule has 0 aliphatic heterocycles. The van der Waals surface area contributed by atoms with Gasteiger partial charge in [0, 0.05) is 12.5 Å². The SMILES string of the molecule is CC(CN)CCC(=O)NC1CCCC(O)C1. The van der Waals surface area contributed by atoms with Crippen molar-refractivity contribution in [3.05, 3.63) is 0 Å². The van der Waals surface area contributed by atoms with Gasteiger partial charge in [-0.05, 0) is 44.6 Å². The van der Waals surface area contributed by atoms with Gasteiger partial charge in [-0.2, -0.15) is 0 Å². The Morgan fingerprint density at radius 1 is 1.56 bits per heavy atom. The van der Waals surface area contributed by atoms with Crippen LogP contribution < -0.4 is 11.1 Å². The number of aliphatic hydroxyl groups excluding tert-OH is 1. The van der Waals surface area contributed by atoms with Gasteiger partial charge in [-0.15, -0.1) is 0 Å². The topological polar surface area (TPSA) is 75.4 Å². The highest BCUT2D eigenvalue weighted by Gasteiger charge is 2.21. The van der Waals surface area contributed by atoms with Crippen molar-refractivity contribution in [2.45, 2.75) is 57.6 Å². The molecule has 4 heteroatoms. The van der Waals surface area contributed by atoms with Crippen molar-refractivity contribution in [1.82, 2.24) is 5.32 Å². The molecule has 0 aromatic heterocycles. The molecule has 0 aromatic carbocycles. The van der Waals surface area contributed by atoms with Gasteiger partial charge in [-0.25, -0.2) is 0 Å². The summed E-state index contributed by atoms with van der Waals surface area (Å²) in [6, 6.07) is 0.171. The highest BCUT2D eigenvalue weighted by molar-refractivity contribution is 5.76. The lowest BCUT2D eigenvalue weighted by molar-refractivity contribution is -0.122. The monoisotopic (exact) mass is 228 g/mol. The number of hydrogen-bond donors (Lipinski definition) is 3. The molecule has 0 saturated heterocycles. The van der Waals surface area contributed by atoms with Crippen molar-refractivity contribution in [3.63, 3.8) is 0 Å². The maximum absolute atomic E-state index is 11.6. The molecule has 94 valence electrons. The lowest BCUT2D eigenvalue weighted by Gasteiger charge is -2.26. The Hall–Kier alpha value is -0.610. The van der Waals surface area contributed by atoms with Crippen LogP contribution in [0, 0.1) is 5.92 Å². The van der Waals surface area contributed by atoms with Gasteiger partial charge in [0.2, 0.25) is 5.91 Å². The van der Waals surface area contributed by atoms with E-state index in [1.807, 2.05) is 0 Å². The molecule has 4 nitrogen and oxygen atoms in total. The second kappa shape index (κ2) is 6.86. The standard InChI is InChI=1S/C12H24N2O2/c1-9(8-13)5-6-12(16)14-10-3-2-4-11(15)7-10/h9-11,15H,2-8,13H2,1H3,(H,14,16). The Labute approximate surface area is 97.6 Å². The molecule has 1 saturated carbocycles. The van der Waals surface area contributed by atoms with Crippen LogP contribution >= 0.6 is 0 Å². The summed E-state index contributed by atoms with van der Waals surface area (Å²) in [4.78, 5) is 11.6. The third-order valence-corrected chi connectivity index (χ3v) is 3.28. The fourth-order valence-electron chi connectivity index (χ4n) is 2.09.